The first kappa shape index (κ1) is 9.07. The quantitative estimate of drug-likeness (QED) is 0.552. The van der Waals surface area contributed by atoms with Gasteiger partial charge in [0.1, 0.15) is 5.50 Å². The second-order valence-electron chi connectivity index (χ2n) is 2.47. The SMILES string of the molecule is CC(=O)NC(Cl)c1ccccc1. The lowest BCUT2D eigenvalue weighted by Gasteiger charge is -2.09. The first-order valence-corrected chi connectivity index (χ1v) is 4.10. The Kier molecular flexibility index (Phi) is 3.11. The Morgan fingerprint density at radius 1 is 1.42 bits per heavy atom. The van der Waals surface area contributed by atoms with Crippen LogP contribution in [0.15, 0.2) is 30.3 Å². The fourth-order valence-electron chi connectivity index (χ4n) is 0.884. The van der Waals surface area contributed by atoms with E-state index in [9.17, 15) is 4.79 Å². The Morgan fingerprint density at radius 2 is 2.00 bits per heavy atom. The summed E-state index contributed by atoms with van der Waals surface area (Å²) in [7, 11) is 0. The van der Waals surface area contributed by atoms with Crippen LogP contribution >= 0.6 is 11.6 Å². The first-order valence-electron chi connectivity index (χ1n) is 3.66. The number of carbonyl (C=O) groups is 1. The van der Waals surface area contributed by atoms with Gasteiger partial charge in [-0.3, -0.25) is 4.79 Å². The van der Waals surface area contributed by atoms with Gasteiger partial charge >= 0.3 is 0 Å². The largest absolute Gasteiger partial charge is 0.336 e. The van der Waals surface area contributed by atoms with Crippen molar-refractivity contribution in [1.82, 2.24) is 5.32 Å². The van der Waals surface area contributed by atoms with Crippen molar-refractivity contribution < 1.29 is 4.79 Å². The van der Waals surface area contributed by atoms with Gasteiger partial charge in [-0.25, -0.2) is 0 Å². The highest BCUT2D eigenvalue weighted by molar-refractivity contribution is 6.21. The highest BCUT2D eigenvalue weighted by Gasteiger charge is 2.06. The van der Waals surface area contributed by atoms with Crippen LogP contribution in [-0.2, 0) is 4.79 Å². The molecule has 0 radical (unpaired) electrons. The third-order valence-corrected chi connectivity index (χ3v) is 1.78. The zero-order valence-electron chi connectivity index (χ0n) is 6.75. The molecule has 0 saturated carbocycles. The molecule has 0 heterocycles. The number of benzene rings is 1. The van der Waals surface area contributed by atoms with E-state index in [4.69, 9.17) is 11.6 Å². The summed E-state index contributed by atoms with van der Waals surface area (Å²) >= 11 is 5.87. The number of nitrogens with one attached hydrogen (secondary N) is 1. The molecule has 0 aliphatic rings. The highest BCUT2D eigenvalue weighted by Crippen LogP contribution is 2.15. The van der Waals surface area contributed by atoms with Crippen LogP contribution in [0.1, 0.15) is 18.0 Å². The number of alkyl halides is 1. The van der Waals surface area contributed by atoms with E-state index in [2.05, 4.69) is 5.32 Å². The molecule has 1 aromatic carbocycles. The van der Waals surface area contributed by atoms with E-state index < -0.39 is 5.50 Å². The molecule has 0 bridgehead atoms. The minimum Gasteiger partial charge on any atom is -0.336 e. The highest BCUT2D eigenvalue weighted by atomic mass is 35.5. The molecule has 2 nitrogen and oxygen atoms in total. The molecule has 64 valence electrons. The van der Waals surface area contributed by atoms with Crippen LogP contribution in [0.3, 0.4) is 0 Å². The molecule has 12 heavy (non-hydrogen) atoms. The van der Waals surface area contributed by atoms with Crippen molar-refractivity contribution in [3.8, 4) is 0 Å². The maximum absolute atomic E-state index is 10.6. The zero-order chi connectivity index (χ0) is 8.97. The van der Waals surface area contributed by atoms with Gasteiger partial charge in [-0.15, -0.1) is 0 Å². The first-order chi connectivity index (χ1) is 5.70. The molecule has 0 aliphatic carbocycles. The standard InChI is InChI=1S/C9H10ClNO/c1-7(12)11-9(10)8-5-3-2-4-6-8/h2-6,9H,1H3,(H,11,12). The second kappa shape index (κ2) is 4.12. The number of halogens is 1. The van der Waals surface area contributed by atoms with Gasteiger partial charge in [-0.1, -0.05) is 41.9 Å². The van der Waals surface area contributed by atoms with Crippen LogP contribution in [-0.4, -0.2) is 5.91 Å². The molecule has 1 atom stereocenters. The van der Waals surface area contributed by atoms with Gasteiger partial charge in [0.15, 0.2) is 0 Å². The number of hydrogen-bond acceptors (Lipinski definition) is 1. The molecule has 0 fully saturated rings. The molecule has 1 amide bonds. The van der Waals surface area contributed by atoms with E-state index in [1.807, 2.05) is 30.3 Å². The maximum Gasteiger partial charge on any atom is 0.218 e. The molecule has 1 unspecified atom stereocenters. The van der Waals surface area contributed by atoms with E-state index in [0.29, 0.717) is 0 Å². The molecule has 1 rings (SSSR count). The molecular weight excluding hydrogens is 174 g/mol. The topological polar surface area (TPSA) is 29.1 Å². The number of amides is 1. The summed E-state index contributed by atoms with van der Waals surface area (Å²) in [5, 5.41) is 2.59. The summed E-state index contributed by atoms with van der Waals surface area (Å²) in [6.45, 7) is 1.44. The van der Waals surface area contributed by atoms with Crippen LogP contribution in [0, 0.1) is 0 Å². The summed E-state index contributed by atoms with van der Waals surface area (Å²) in [4.78, 5) is 10.6. The average Bonchev–Trinajstić information content (AvgIpc) is 2.05. The molecule has 0 saturated heterocycles. The van der Waals surface area contributed by atoms with Gasteiger partial charge < -0.3 is 5.32 Å². The number of hydrogen-bond donors (Lipinski definition) is 1. The molecule has 1 N–H and O–H groups in total. The summed E-state index contributed by atoms with van der Waals surface area (Å²) in [6, 6.07) is 9.40. The van der Waals surface area contributed by atoms with Crippen molar-refractivity contribution in [3.05, 3.63) is 35.9 Å². The van der Waals surface area contributed by atoms with Crippen LogP contribution in [0.25, 0.3) is 0 Å². The molecule has 0 spiro atoms. The normalized spacial score (nSPS) is 12.2. The van der Waals surface area contributed by atoms with Crippen molar-refractivity contribution in [2.24, 2.45) is 0 Å². The Hall–Kier alpha value is -1.02. The lowest BCUT2D eigenvalue weighted by atomic mass is 10.2. The third kappa shape index (κ3) is 2.55. The predicted octanol–water partition coefficient (Wildman–Crippen LogP) is 2.06. The van der Waals surface area contributed by atoms with Gasteiger partial charge in [0, 0.05) is 6.92 Å². The maximum atomic E-state index is 10.6. The Morgan fingerprint density at radius 3 is 2.50 bits per heavy atom. The molecule has 0 aromatic heterocycles. The van der Waals surface area contributed by atoms with E-state index >= 15 is 0 Å². The zero-order valence-corrected chi connectivity index (χ0v) is 7.51. The van der Waals surface area contributed by atoms with Crippen LogP contribution in [0.4, 0.5) is 0 Å². The van der Waals surface area contributed by atoms with Gasteiger partial charge in [0.05, 0.1) is 0 Å². The van der Waals surface area contributed by atoms with Crippen molar-refractivity contribution in [2.75, 3.05) is 0 Å². The molecule has 1 aromatic rings. The van der Waals surface area contributed by atoms with Crippen LogP contribution in [0.2, 0.25) is 0 Å². The van der Waals surface area contributed by atoms with Gasteiger partial charge in [-0.2, -0.15) is 0 Å². The van der Waals surface area contributed by atoms with E-state index in [1.54, 1.807) is 0 Å². The Balaban J connectivity index is 2.65. The molecule has 3 heteroatoms. The molecule has 0 aliphatic heterocycles. The summed E-state index contributed by atoms with van der Waals surface area (Å²) in [5.74, 6) is -0.126. The lowest BCUT2D eigenvalue weighted by Crippen LogP contribution is -2.21. The monoisotopic (exact) mass is 183 g/mol. The fourth-order valence-corrected chi connectivity index (χ4v) is 1.18. The van der Waals surface area contributed by atoms with Gasteiger partial charge in [0.2, 0.25) is 5.91 Å². The van der Waals surface area contributed by atoms with E-state index in [-0.39, 0.29) is 5.91 Å². The average molecular weight is 184 g/mol. The van der Waals surface area contributed by atoms with Gasteiger partial charge in [0.25, 0.3) is 0 Å². The minimum absolute atomic E-state index is 0.126. The third-order valence-electron chi connectivity index (χ3n) is 1.42. The number of rotatable bonds is 2. The Labute approximate surface area is 76.5 Å². The molecular formula is C9H10ClNO. The smallest absolute Gasteiger partial charge is 0.218 e. The number of carbonyl (C=O) groups excluding carboxylic acids is 1. The fraction of sp³-hybridized carbons (Fsp3) is 0.222. The lowest BCUT2D eigenvalue weighted by molar-refractivity contribution is -0.119. The summed E-state index contributed by atoms with van der Waals surface area (Å²) in [5.41, 5.74) is 0.470. The second-order valence-corrected chi connectivity index (χ2v) is 2.91. The minimum atomic E-state index is -0.427. The van der Waals surface area contributed by atoms with Crippen molar-refractivity contribution in [2.45, 2.75) is 12.4 Å². The Bertz CT molecular complexity index is 260. The van der Waals surface area contributed by atoms with Crippen LogP contribution < -0.4 is 5.32 Å². The summed E-state index contributed by atoms with van der Waals surface area (Å²) in [6.07, 6.45) is 0. The van der Waals surface area contributed by atoms with Gasteiger partial charge in [-0.05, 0) is 5.56 Å². The van der Waals surface area contributed by atoms with E-state index in [0.717, 1.165) is 5.56 Å². The van der Waals surface area contributed by atoms with Crippen LogP contribution in [0.5, 0.6) is 0 Å². The summed E-state index contributed by atoms with van der Waals surface area (Å²) < 4.78 is 0. The van der Waals surface area contributed by atoms with Crippen molar-refractivity contribution in [1.29, 1.82) is 0 Å². The predicted molar refractivity (Wildman–Crippen MR) is 48.9 cm³/mol. The van der Waals surface area contributed by atoms with Crippen molar-refractivity contribution in [3.63, 3.8) is 0 Å². The van der Waals surface area contributed by atoms with E-state index in [1.165, 1.54) is 6.92 Å². The van der Waals surface area contributed by atoms with Crippen molar-refractivity contribution >= 4 is 17.5 Å².